The van der Waals surface area contributed by atoms with Gasteiger partial charge in [-0.3, -0.25) is 4.79 Å². The van der Waals surface area contributed by atoms with Gasteiger partial charge >= 0.3 is 0 Å². The number of hydrogen-bond acceptors (Lipinski definition) is 5. The van der Waals surface area contributed by atoms with Gasteiger partial charge in [0.25, 0.3) is 0 Å². The molecule has 0 bridgehead atoms. The SMILES string of the molecule is C[C@]1(C(=O)Nc2nccs2)Cc2ccc(O)cc2[C@@H]1c1ccsc1. The summed E-state index contributed by atoms with van der Waals surface area (Å²) in [7, 11) is 0. The number of amides is 1. The normalized spacial score (nSPS) is 22.3. The molecule has 2 atom stereocenters. The first-order valence-corrected chi connectivity index (χ1v) is 9.45. The summed E-state index contributed by atoms with van der Waals surface area (Å²) in [6.45, 7) is 2.00. The molecule has 1 aromatic carbocycles. The van der Waals surface area contributed by atoms with Crippen molar-refractivity contribution in [3.05, 3.63) is 63.3 Å². The lowest BCUT2D eigenvalue weighted by Gasteiger charge is -2.30. The highest BCUT2D eigenvalue weighted by molar-refractivity contribution is 7.13. The lowest BCUT2D eigenvalue weighted by Crippen LogP contribution is -2.37. The predicted molar refractivity (Wildman–Crippen MR) is 96.8 cm³/mol. The van der Waals surface area contributed by atoms with E-state index in [0.717, 1.165) is 16.7 Å². The fraction of sp³-hybridized carbons (Fsp3) is 0.222. The molecule has 4 rings (SSSR count). The van der Waals surface area contributed by atoms with Crippen LogP contribution in [0.1, 0.15) is 29.5 Å². The third kappa shape index (κ3) is 2.42. The summed E-state index contributed by atoms with van der Waals surface area (Å²) in [6, 6.07) is 7.46. The zero-order chi connectivity index (χ0) is 16.7. The summed E-state index contributed by atoms with van der Waals surface area (Å²) in [5.74, 6) is 0.119. The van der Waals surface area contributed by atoms with E-state index in [1.54, 1.807) is 29.7 Å². The van der Waals surface area contributed by atoms with E-state index in [4.69, 9.17) is 0 Å². The maximum Gasteiger partial charge on any atom is 0.233 e. The molecule has 2 aromatic heterocycles. The fourth-order valence-corrected chi connectivity index (χ4v) is 4.79. The van der Waals surface area contributed by atoms with Gasteiger partial charge in [0.15, 0.2) is 5.13 Å². The van der Waals surface area contributed by atoms with E-state index in [0.29, 0.717) is 11.6 Å². The zero-order valence-electron chi connectivity index (χ0n) is 13.0. The van der Waals surface area contributed by atoms with Crippen LogP contribution in [0.3, 0.4) is 0 Å². The van der Waals surface area contributed by atoms with Gasteiger partial charge < -0.3 is 10.4 Å². The van der Waals surface area contributed by atoms with Crippen molar-refractivity contribution >= 4 is 33.7 Å². The summed E-state index contributed by atoms with van der Waals surface area (Å²) in [5.41, 5.74) is 2.63. The first kappa shape index (κ1) is 15.4. The van der Waals surface area contributed by atoms with Crippen molar-refractivity contribution in [1.82, 2.24) is 4.98 Å². The number of aromatic nitrogens is 1. The Kier molecular flexibility index (Phi) is 3.66. The molecular weight excluding hydrogens is 340 g/mol. The number of aromatic hydroxyl groups is 1. The summed E-state index contributed by atoms with van der Waals surface area (Å²) >= 11 is 3.03. The molecule has 4 nitrogen and oxygen atoms in total. The number of phenolic OH excluding ortho intramolecular Hbond substituents is 1. The van der Waals surface area contributed by atoms with Crippen LogP contribution in [0.4, 0.5) is 5.13 Å². The van der Waals surface area contributed by atoms with Gasteiger partial charge in [0, 0.05) is 17.5 Å². The van der Waals surface area contributed by atoms with Gasteiger partial charge in [0.1, 0.15) is 5.75 Å². The van der Waals surface area contributed by atoms with Crippen LogP contribution in [0, 0.1) is 5.41 Å². The lowest BCUT2D eigenvalue weighted by atomic mass is 9.74. The molecule has 1 aliphatic rings. The third-order valence-electron chi connectivity index (χ3n) is 4.68. The molecule has 3 aromatic rings. The van der Waals surface area contributed by atoms with Crippen molar-refractivity contribution in [2.45, 2.75) is 19.3 Å². The maximum atomic E-state index is 13.1. The molecule has 0 spiro atoms. The van der Waals surface area contributed by atoms with E-state index < -0.39 is 5.41 Å². The summed E-state index contributed by atoms with van der Waals surface area (Å²) in [6.07, 6.45) is 2.32. The van der Waals surface area contributed by atoms with Crippen LogP contribution in [0.5, 0.6) is 5.75 Å². The molecule has 1 aliphatic carbocycles. The molecule has 6 heteroatoms. The Bertz CT molecular complexity index is 875. The number of nitrogens with zero attached hydrogens (tertiary/aromatic N) is 1. The fourth-order valence-electron chi connectivity index (χ4n) is 3.58. The number of thiazole rings is 1. The van der Waals surface area contributed by atoms with Crippen molar-refractivity contribution in [1.29, 1.82) is 0 Å². The molecule has 0 saturated carbocycles. The topological polar surface area (TPSA) is 62.2 Å². The molecule has 0 unspecified atom stereocenters. The van der Waals surface area contributed by atoms with Crippen molar-refractivity contribution in [2.24, 2.45) is 5.41 Å². The highest BCUT2D eigenvalue weighted by Crippen LogP contribution is 2.52. The van der Waals surface area contributed by atoms with Crippen LogP contribution in [0.25, 0.3) is 0 Å². The van der Waals surface area contributed by atoms with Gasteiger partial charge in [-0.15, -0.1) is 11.3 Å². The summed E-state index contributed by atoms with van der Waals surface area (Å²) in [5, 5.41) is 19.4. The van der Waals surface area contributed by atoms with Crippen molar-refractivity contribution < 1.29 is 9.90 Å². The molecule has 2 N–H and O–H groups in total. The Balaban J connectivity index is 1.78. The minimum absolute atomic E-state index is 0.0376. The number of rotatable bonds is 3. The highest BCUT2D eigenvalue weighted by atomic mass is 32.1. The second-order valence-corrected chi connectivity index (χ2v) is 7.93. The molecule has 0 aliphatic heterocycles. The van der Waals surface area contributed by atoms with Gasteiger partial charge in [0.2, 0.25) is 5.91 Å². The second-order valence-electron chi connectivity index (χ2n) is 6.26. The summed E-state index contributed by atoms with van der Waals surface area (Å²) in [4.78, 5) is 17.2. The molecule has 24 heavy (non-hydrogen) atoms. The van der Waals surface area contributed by atoms with Crippen LogP contribution in [-0.2, 0) is 11.2 Å². The van der Waals surface area contributed by atoms with Gasteiger partial charge in [-0.25, -0.2) is 4.98 Å². The molecule has 0 fully saturated rings. The minimum Gasteiger partial charge on any atom is -0.508 e. The second kappa shape index (κ2) is 5.72. The average Bonchev–Trinajstić information content (AvgIpc) is 3.26. The number of nitrogens with one attached hydrogen (secondary N) is 1. The van der Waals surface area contributed by atoms with Crippen LogP contribution < -0.4 is 5.32 Å². The highest BCUT2D eigenvalue weighted by Gasteiger charge is 2.49. The van der Waals surface area contributed by atoms with Crippen LogP contribution in [-0.4, -0.2) is 16.0 Å². The molecular formula is C18H16N2O2S2. The molecule has 1 amide bonds. The number of benzene rings is 1. The molecule has 2 heterocycles. The monoisotopic (exact) mass is 356 g/mol. The largest absolute Gasteiger partial charge is 0.508 e. The van der Waals surface area contributed by atoms with Crippen molar-refractivity contribution in [3.8, 4) is 5.75 Å². The van der Waals surface area contributed by atoms with E-state index >= 15 is 0 Å². The molecule has 0 saturated heterocycles. The molecule has 122 valence electrons. The Morgan fingerprint density at radius 1 is 1.38 bits per heavy atom. The maximum absolute atomic E-state index is 13.1. The van der Waals surface area contributed by atoms with Crippen molar-refractivity contribution in [3.63, 3.8) is 0 Å². The Morgan fingerprint density at radius 2 is 2.25 bits per heavy atom. The molecule has 0 radical (unpaired) electrons. The van der Waals surface area contributed by atoms with Gasteiger partial charge in [0.05, 0.1) is 5.41 Å². The summed E-state index contributed by atoms with van der Waals surface area (Å²) < 4.78 is 0. The van der Waals surface area contributed by atoms with Crippen molar-refractivity contribution in [2.75, 3.05) is 5.32 Å². The smallest absolute Gasteiger partial charge is 0.233 e. The standard InChI is InChI=1S/C18H16N2O2S2/c1-18(16(22)20-17-19-5-7-24-17)9-11-2-3-13(21)8-14(11)15(18)12-4-6-23-10-12/h2-8,10,15,21H,9H2,1H3,(H,19,20,22)/t15-,18-/m0/s1. The van der Waals surface area contributed by atoms with E-state index in [1.165, 1.54) is 11.3 Å². The minimum atomic E-state index is -0.622. The predicted octanol–water partition coefficient (Wildman–Crippen LogP) is 4.24. The van der Waals surface area contributed by atoms with E-state index in [-0.39, 0.29) is 17.6 Å². The van der Waals surface area contributed by atoms with Gasteiger partial charge in [-0.05, 0) is 59.0 Å². The number of carbonyl (C=O) groups excluding carboxylic acids is 1. The zero-order valence-corrected chi connectivity index (χ0v) is 14.7. The lowest BCUT2D eigenvalue weighted by molar-refractivity contribution is -0.125. The number of thiophene rings is 1. The Hall–Kier alpha value is -2.18. The number of phenols is 1. The van der Waals surface area contributed by atoms with E-state index in [9.17, 15) is 9.90 Å². The average molecular weight is 356 g/mol. The first-order valence-electron chi connectivity index (χ1n) is 7.63. The van der Waals surface area contributed by atoms with Crippen LogP contribution in [0.2, 0.25) is 0 Å². The van der Waals surface area contributed by atoms with Gasteiger partial charge in [-0.2, -0.15) is 11.3 Å². The third-order valence-corrected chi connectivity index (χ3v) is 6.07. The van der Waals surface area contributed by atoms with Crippen LogP contribution >= 0.6 is 22.7 Å². The number of hydrogen-bond donors (Lipinski definition) is 2. The number of carbonyl (C=O) groups is 1. The quantitative estimate of drug-likeness (QED) is 0.738. The Morgan fingerprint density at radius 3 is 2.96 bits per heavy atom. The number of fused-ring (bicyclic) bond motifs is 1. The Labute approximate surface area is 147 Å². The van der Waals surface area contributed by atoms with E-state index in [1.807, 2.05) is 23.8 Å². The van der Waals surface area contributed by atoms with Gasteiger partial charge in [-0.1, -0.05) is 6.07 Å². The van der Waals surface area contributed by atoms with E-state index in [2.05, 4.69) is 21.7 Å². The van der Waals surface area contributed by atoms with Crippen LogP contribution in [0.15, 0.2) is 46.6 Å². The first-order chi connectivity index (χ1) is 11.6. The number of anilines is 1.